The molecule has 2 N–H and O–H groups in total. The lowest BCUT2D eigenvalue weighted by molar-refractivity contribution is -0.119. The highest BCUT2D eigenvalue weighted by Gasteiger charge is 2.26. The number of hydrogen-bond acceptors (Lipinski definition) is 2. The summed E-state index contributed by atoms with van der Waals surface area (Å²) in [6.45, 7) is 0. The first-order valence-electron chi connectivity index (χ1n) is 4.41. The van der Waals surface area contributed by atoms with Crippen molar-refractivity contribution in [3.05, 3.63) is 28.8 Å². The van der Waals surface area contributed by atoms with E-state index in [1.165, 1.54) is 0 Å². The van der Waals surface area contributed by atoms with E-state index in [2.05, 4.69) is 0 Å². The van der Waals surface area contributed by atoms with Gasteiger partial charge in [0.15, 0.2) is 0 Å². The van der Waals surface area contributed by atoms with E-state index < -0.39 is 0 Å². The van der Waals surface area contributed by atoms with Gasteiger partial charge in [-0.1, -0.05) is 11.6 Å². The minimum atomic E-state index is -0.229. The van der Waals surface area contributed by atoms with Crippen molar-refractivity contribution in [3.8, 4) is 0 Å². The number of halogens is 1. The van der Waals surface area contributed by atoms with E-state index >= 15 is 0 Å². The molecule has 1 atom stereocenters. The van der Waals surface area contributed by atoms with Gasteiger partial charge in [0.1, 0.15) is 0 Å². The molecule has 4 heteroatoms. The highest BCUT2D eigenvalue weighted by atomic mass is 35.5. The van der Waals surface area contributed by atoms with Crippen LogP contribution in [0.3, 0.4) is 0 Å². The van der Waals surface area contributed by atoms with Gasteiger partial charge >= 0.3 is 0 Å². The lowest BCUT2D eigenvalue weighted by atomic mass is 9.97. The molecule has 0 bridgehead atoms. The Morgan fingerprint density at radius 1 is 1.57 bits per heavy atom. The first-order chi connectivity index (χ1) is 6.59. The fourth-order valence-electron chi connectivity index (χ4n) is 1.70. The number of amides is 1. The summed E-state index contributed by atoms with van der Waals surface area (Å²) in [6.07, 6.45) is 0.351. The lowest BCUT2D eigenvalue weighted by Crippen LogP contribution is -2.35. The third kappa shape index (κ3) is 1.38. The average molecular weight is 211 g/mol. The maximum Gasteiger partial charge on any atom is 0.228 e. The van der Waals surface area contributed by atoms with Gasteiger partial charge < -0.3 is 10.6 Å². The Balaban J connectivity index is 2.55. The van der Waals surface area contributed by atoms with Crippen LogP contribution in [-0.2, 0) is 4.79 Å². The summed E-state index contributed by atoms with van der Waals surface area (Å²) < 4.78 is 0. The summed E-state index contributed by atoms with van der Waals surface area (Å²) in [5, 5.41) is 0.655. The van der Waals surface area contributed by atoms with Crippen molar-refractivity contribution in [1.82, 2.24) is 0 Å². The molecule has 1 aromatic carbocycles. The van der Waals surface area contributed by atoms with Crippen LogP contribution in [0.4, 0.5) is 5.69 Å². The average Bonchev–Trinajstić information content (AvgIpc) is 2.14. The SMILES string of the molecule is CN1C(=O)CC(N)c2cc(Cl)ccc21. The van der Waals surface area contributed by atoms with Gasteiger partial charge in [-0.3, -0.25) is 4.79 Å². The highest BCUT2D eigenvalue weighted by molar-refractivity contribution is 6.30. The fourth-order valence-corrected chi connectivity index (χ4v) is 1.88. The second kappa shape index (κ2) is 3.26. The Bertz CT molecular complexity index is 392. The molecule has 1 amide bonds. The minimum Gasteiger partial charge on any atom is -0.323 e. The van der Waals surface area contributed by atoms with Gasteiger partial charge in [-0.25, -0.2) is 0 Å². The number of anilines is 1. The molecule has 1 heterocycles. The van der Waals surface area contributed by atoms with Gasteiger partial charge in [0.2, 0.25) is 5.91 Å². The predicted molar refractivity (Wildman–Crippen MR) is 56.4 cm³/mol. The zero-order valence-corrected chi connectivity index (χ0v) is 8.58. The third-order valence-electron chi connectivity index (χ3n) is 2.52. The second-order valence-electron chi connectivity index (χ2n) is 3.47. The van der Waals surface area contributed by atoms with E-state index in [0.29, 0.717) is 11.4 Å². The molecule has 0 aromatic heterocycles. The zero-order valence-electron chi connectivity index (χ0n) is 7.83. The standard InChI is InChI=1S/C10H11ClN2O/c1-13-9-3-2-6(11)4-7(9)8(12)5-10(13)14/h2-4,8H,5,12H2,1H3. The molecule has 0 fully saturated rings. The monoisotopic (exact) mass is 210 g/mol. The molecule has 1 aliphatic heterocycles. The molecule has 0 radical (unpaired) electrons. The fraction of sp³-hybridized carbons (Fsp3) is 0.300. The second-order valence-corrected chi connectivity index (χ2v) is 3.90. The summed E-state index contributed by atoms with van der Waals surface area (Å²) in [5.41, 5.74) is 7.67. The van der Waals surface area contributed by atoms with Crippen molar-refractivity contribution in [1.29, 1.82) is 0 Å². The first kappa shape index (κ1) is 9.49. The summed E-state index contributed by atoms with van der Waals surface area (Å²) in [4.78, 5) is 13.1. The van der Waals surface area contributed by atoms with Crippen LogP contribution in [0.25, 0.3) is 0 Å². The molecular formula is C10H11ClN2O. The van der Waals surface area contributed by atoms with Gasteiger partial charge in [-0.05, 0) is 23.8 Å². The van der Waals surface area contributed by atoms with Gasteiger partial charge in [-0.15, -0.1) is 0 Å². The minimum absolute atomic E-state index is 0.0484. The molecule has 74 valence electrons. The molecule has 3 nitrogen and oxygen atoms in total. The van der Waals surface area contributed by atoms with Crippen LogP contribution in [0, 0.1) is 0 Å². The van der Waals surface area contributed by atoms with Gasteiger partial charge in [0, 0.05) is 30.2 Å². The molecule has 1 unspecified atom stereocenters. The Labute approximate surface area is 87.4 Å². The van der Waals surface area contributed by atoms with Gasteiger partial charge in [-0.2, -0.15) is 0 Å². The van der Waals surface area contributed by atoms with Gasteiger partial charge in [0.05, 0.1) is 0 Å². The Kier molecular flexibility index (Phi) is 2.21. The molecular weight excluding hydrogens is 200 g/mol. The smallest absolute Gasteiger partial charge is 0.228 e. The van der Waals surface area contributed by atoms with Gasteiger partial charge in [0.25, 0.3) is 0 Å². The maximum absolute atomic E-state index is 11.5. The number of hydrogen-bond donors (Lipinski definition) is 1. The van der Waals surface area contributed by atoms with Crippen LogP contribution >= 0.6 is 11.6 Å². The van der Waals surface area contributed by atoms with Crippen LogP contribution in [-0.4, -0.2) is 13.0 Å². The van der Waals surface area contributed by atoms with E-state index in [1.54, 1.807) is 18.0 Å². The first-order valence-corrected chi connectivity index (χ1v) is 4.79. The third-order valence-corrected chi connectivity index (χ3v) is 2.75. The Hall–Kier alpha value is -1.06. The van der Waals surface area contributed by atoms with Crippen LogP contribution in [0.1, 0.15) is 18.0 Å². The molecule has 2 rings (SSSR count). The number of benzene rings is 1. The zero-order chi connectivity index (χ0) is 10.3. The van der Waals surface area contributed by atoms with Crippen LogP contribution < -0.4 is 10.6 Å². The van der Waals surface area contributed by atoms with E-state index in [-0.39, 0.29) is 11.9 Å². The Morgan fingerprint density at radius 2 is 2.29 bits per heavy atom. The molecule has 0 aliphatic carbocycles. The van der Waals surface area contributed by atoms with E-state index in [0.717, 1.165) is 11.3 Å². The lowest BCUT2D eigenvalue weighted by Gasteiger charge is -2.29. The van der Waals surface area contributed by atoms with E-state index in [4.69, 9.17) is 17.3 Å². The van der Waals surface area contributed by atoms with Crippen molar-refractivity contribution >= 4 is 23.2 Å². The number of nitrogens with two attached hydrogens (primary N) is 1. The summed E-state index contributed by atoms with van der Waals surface area (Å²) in [6, 6.07) is 5.19. The summed E-state index contributed by atoms with van der Waals surface area (Å²) >= 11 is 5.87. The quantitative estimate of drug-likeness (QED) is 0.709. The van der Waals surface area contributed by atoms with Crippen molar-refractivity contribution in [2.45, 2.75) is 12.5 Å². The number of carbonyl (C=O) groups excluding carboxylic acids is 1. The number of carbonyl (C=O) groups is 1. The van der Waals surface area contributed by atoms with Crippen LogP contribution in [0.15, 0.2) is 18.2 Å². The van der Waals surface area contributed by atoms with E-state index in [9.17, 15) is 4.79 Å². The number of rotatable bonds is 0. The normalized spacial score (nSPS) is 20.9. The molecule has 0 spiro atoms. The molecule has 1 aromatic rings. The van der Waals surface area contributed by atoms with Crippen molar-refractivity contribution in [2.24, 2.45) is 5.73 Å². The van der Waals surface area contributed by atoms with Crippen molar-refractivity contribution in [2.75, 3.05) is 11.9 Å². The molecule has 1 aliphatic rings. The number of fused-ring (bicyclic) bond motifs is 1. The largest absolute Gasteiger partial charge is 0.323 e. The van der Waals surface area contributed by atoms with Crippen molar-refractivity contribution in [3.63, 3.8) is 0 Å². The van der Waals surface area contributed by atoms with Crippen molar-refractivity contribution < 1.29 is 4.79 Å². The molecule has 0 saturated carbocycles. The predicted octanol–water partition coefficient (Wildman–Crippen LogP) is 1.71. The molecule has 0 saturated heterocycles. The summed E-state index contributed by atoms with van der Waals surface area (Å²) in [5.74, 6) is 0.0484. The topological polar surface area (TPSA) is 46.3 Å². The van der Waals surface area contributed by atoms with E-state index in [1.807, 2.05) is 12.1 Å². The summed E-state index contributed by atoms with van der Waals surface area (Å²) in [7, 11) is 1.75. The van der Waals surface area contributed by atoms with Crippen LogP contribution in [0.2, 0.25) is 5.02 Å². The molecule has 14 heavy (non-hydrogen) atoms. The highest BCUT2D eigenvalue weighted by Crippen LogP contribution is 2.33. The number of nitrogens with zero attached hydrogens (tertiary/aromatic N) is 1. The Morgan fingerprint density at radius 3 is 3.00 bits per heavy atom. The maximum atomic E-state index is 11.5. The van der Waals surface area contributed by atoms with Crippen LogP contribution in [0.5, 0.6) is 0 Å².